The number of hydrogen-bond donors (Lipinski definition) is 1. The summed E-state index contributed by atoms with van der Waals surface area (Å²) in [5, 5.41) is 3.23. The zero-order valence-corrected chi connectivity index (χ0v) is 9.24. The van der Waals surface area contributed by atoms with Crippen LogP contribution in [0.25, 0.3) is 0 Å². The molecule has 1 aliphatic heterocycles. The summed E-state index contributed by atoms with van der Waals surface area (Å²) in [5.41, 5.74) is 0.633. The molecule has 1 atom stereocenters. The van der Waals surface area contributed by atoms with E-state index in [0.29, 0.717) is 25.2 Å². The van der Waals surface area contributed by atoms with Crippen LogP contribution in [0.3, 0.4) is 0 Å². The fourth-order valence-electron chi connectivity index (χ4n) is 2.00. The van der Waals surface area contributed by atoms with Crippen molar-refractivity contribution >= 4 is 5.91 Å². The van der Waals surface area contributed by atoms with Gasteiger partial charge in [0.05, 0.1) is 6.04 Å². The summed E-state index contributed by atoms with van der Waals surface area (Å²) < 4.78 is 13.6. The van der Waals surface area contributed by atoms with Crippen LogP contribution < -0.4 is 5.32 Å². The van der Waals surface area contributed by atoms with Gasteiger partial charge in [-0.25, -0.2) is 4.39 Å². The molecule has 1 heterocycles. The minimum absolute atomic E-state index is 0.0443. The lowest BCUT2D eigenvalue weighted by Crippen LogP contribution is -2.47. The van der Waals surface area contributed by atoms with Crippen LogP contribution in [0.1, 0.15) is 18.5 Å². The van der Waals surface area contributed by atoms with Crippen molar-refractivity contribution in [1.29, 1.82) is 0 Å². The van der Waals surface area contributed by atoms with E-state index in [4.69, 9.17) is 0 Å². The van der Waals surface area contributed by atoms with Crippen molar-refractivity contribution in [3.63, 3.8) is 0 Å². The van der Waals surface area contributed by atoms with Gasteiger partial charge >= 0.3 is 0 Å². The zero-order valence-electron chi connectivity index (χ0n) is 9.24. The number of halogens is 1. The summed E-state index contributed by atoms with van der Waals surface area (Å²) >= 11 is 0. The molecule has 0 radical (unpaired) electrons. The van der Waals surface area contributed by atoms with Gasteiger partial charge in [0.2, 0.25) is 5.91 Å². The Morgan fingerprint density at radius 3 is 2.94 bits per heavy atom. The Morgan fingerprint density at radius 2 is 2.25 bits per heavy atom. The second-order valence-electron chi connectivity index (χ2n) is 3.99. The predicted octanol–water partition coefficient (Wildman–Crippen LogP) is 1.32. The Kier molecular flexibility index (Phi) is 3.19. The predicted molar refractivity (Wildman–Crippen MR) is 59.4 cm³/mol. The largest absolute Gasteiger partial charge is 0.340 e. The third-order valence-electron chi connectivity index (χ3n) is 2.90. The molecule has 0 unspecified atom stereocenters. The molecule has 16 heavy (non-hydrogen) atoms. The molecule has 0 saturated carbocycles. The smallest absolute Gasteiger partial charge is 0.219 e. The number of nitrogens with one attached hydrogen (secondary N) is 1. The normalized spacial score (nSPS) is 20.9. The van der Waals surface area contributed by atoms with Gasteiger partial charge in [-0.15, -0.1) is 0 Å². The van der Waals surface area contributed by atoms with Gasteiger partial charge in [-0.1, -0.05) is 18.2 Å². The zero-order chi connectivity index (χ0) is 11.5. The Hall–Kier alpha value is -1.42. The van der Waals surface area contributed by atoms with E-state index in [9.17, 15) is 9.18 Å². The average molecular weight is 222 g/mol. The van der Waals surface area contributed by atoms with Gasteiger partial charge in [0, 0.05) is 32.1 Å². The first-order chi connectivity index (χ1) is 7.68. The van der Waals surface area contributed by atoms with Crippen LogP contribution in [-0.2, 0) is 4.79 Å². The molecule has 86 valence electrons. The van der Waals surface area contributed by atoms with Gasteiger partial charge in [-0.3, -0.25) is 4.79 Å². The number of piperazine rings is 1. The van der Waals surface area contributed by atoms with E-state index < -0.39 is 0 Å². The Bertz CT molecular complexity index is 394. The molecule has 3 nitrogen and oxygen atoms in total. The first-order valence-corrected chi connectivity index (χ1v) is 5.42. The maximum Gasteiger partial charge on any atom is 0.219 e. The molecule has 1 amide bonds. The monoisotopic (exact) mass is 222 g/mol. The standard InChI is InChI=1S/C12H15FN2O/c1-9(16)15-7-6-14-12(8-15)10-4-2-3-5-11(10)13/h2-5,12,14H,6-8H2,1H3/t12-/m0/s1. The van der Waals surface area contributed by atoms with Gasteiger partial charge in [-0.05, 0) is 6.07 Å². The number of carbonyl (C=O) groups is 1. The van der Waals surface area contributed by atoms with Gasteiger partial charge in [0.25, 0.3) is 0 Å². The molecule has 2 rings (SSSR count). The number of benzene rings is 1. The van der Waals surface area contributed by atoms with E-state index in [1.54, 1.807) is 24.0 Å². The highest BCUT2D eigenvalue weighted by atomic mass is 19.1. The minimum Gasteiger partial charge on any atom is -0.340 e. The lowest BCUT2D eigenvalue weighted by atomic mass is 10.0. The van der Waals surface area contributed by atoms with Crippen LogP contribution in [0.2, 0.25) is 0 Å². The molecule has 1 fully saturated rings. The van der Waals surface area contributed by atoms with E-state index in [1.165, 1.54) is 6.07 Å². The summed E-state index contributed by atoms with van der Waals surface area (Å²) in [4.78, 5) is 13.0. The Balaban J connectivity index is 2.16. The second-order valence-corrected chi connectivity index (χ2v) is 3.99. The number of carbonyl (C=O) groups excluding carboxylic acids is 1. The van der Waals surface area contributed by atoms with E-state index in [-0.39, 0.29) is 17.8 Å². The summed E-state index contributed by atoms with van der Waals surface area (Å²) in [6.07, 6.45) is 0. The Morgan fingerprint density at radius 1 is 1.50 bits per heavy atom. The van der Waals surface area contributed by atoms with Crippen molar-refractivity contribution in [2.45, 2.75) is 13.0 Å². The highest BCUT2D eigenvalue weighted by Gasteiger charge is 2.23. The number of nitrogens with zero attached hydrogens (tertiary/aromatic N) is 1. The molecule has 0 aromatic heterocycles. The summed E-state index contributed by atoms with van der Waals surface area (Å²) in [7, 11) is 0. The molecular formula is C12H15FN2O. The maximum atomic E-state index is 13.6. The molecular weight excluding hydrogens is 207 g/mol. The van der Waals surface area contributed by atoms with Crippen LogP contribution in [0, 0.1) is 5.82 Å². The third kappa shape index (κ3) is 2.22. The Labute approximate surface area is 94.3 Å². The first-order valence-electron chi connectivity index (χ1n) is 5.42. The van der Waals surface area contributed by atoms with Crippen LogP contribution in [-0.4, -0.2) is 30.4 Å². The van der Waals surface area contributed by atoms with Crippen molar-refractivity contribution in [1.82, 2.24) is 10.2 Å². The number of amides is 1. The van der Waals surface area contributed by atoms with Gasteiger partial charge < -0.3 is 10.2 Å². The van der Waals surface area contributed by atoms with Crippen molar-refractivity contribution in [3.8, 4) is 0 Å². The highest BCUT2D eigenvalue weighted by Crippen LogP contribution is 2.19. The molecule has 1 aliphatic rings. The van der Waals surface area contributed by atoms with Gasteiger partial charge in [-0.2, -0.15) is 0 Å². The van der Waals surface area contributed by atoms with E-state index in [1.807, 2.05) is 6.07 Å². The minimum atomic E-state index is -0.217. The quantitative estimate of drug-likeness (QED) is 0.777. The van der Waals surface area contributed by atoms with Crippen LogP contribution in [0.15, 0.2) is 24.3 Å². The molecule has 0 aliphatic carbocycles. The molecule has 4 heteroatoms. The average Bonchev–Trinajstić information content (AvgIpc) is 2.30. The van der Waals surface area contributed by atoms with Crippen molar-refractivity contribution in [2.24, 2.45) is 0 Å². The van der Waals surface area contributed by atoms with Crippen LogP contribution in [0.4, 0.5) is 4.39 Å². The molecule has 1 N–H and O–H groups in total. The number of rotatable bonds is 1. The maximum absolute atomic E-state index is 13.6. The van der Waals surface area contributed by atoms with Gasteiger partial charge in [0.15, 0.2) is 0 Å². The second kappa shape index (κ2) is 4.61. The molecule has 1 saturated heterocycles. The SMILES string of the molecule is CC(=O)N1CCN[C@H](c2ccccc2F)C1. The number of hydrogen-bond acceptors (Lipinski definition) is 2. The lowest BCUT2D eigenvalue weighted by molar-refractivity contribution is -0.130. The van der Waals surface area contributed by atoms with E-state index in [0.717, 1.165) is 0 Å². The summed E-state index contributed by atoms with van der Waals surface area (Å²) in [5.74, 6) is -0.173. The van der Waals surface area contributed by atoms with E-state index in [2.05, 4.69) is 5.32 Å². The van der Waals surface area contributed by atoms with Crippen molar-refractivity contribution in [3.05, 3.63) is 35.6 Å². The fraction of sp³-hybridized carbons (Fsp3) is 0.417. The molecule has 0 bridgehead atoms. The summed E-state index contributed by atoms with van der Waals surface area (Å²) in [6, 6.07) is 6.59. The van der Waals surface area contributed by atoms with Crippen LogP contribution >= 0.6 is 0 Å². The van der Waals surface area contributed by atoms with Crippen LogP contribution in [0.5, 0.6) is 0 Å². The summed E-state index contributed by atoms with van der Waals surface area (Å²) in [6.45, 7) is 3.48. The van der Waals surface area contributed by atoms with Gasteiger partial charge in [0.1, 0.15) is 5.82 Å². The lowest BCUT2D eigenvalue weighted by Gasteiger charge is -2.33. The topological polar surface area (TPSA) is 32.3 Å². The molecule has 0 spiro atoms. The first kappa shape index (κ1) is 11.1. The van der Waals surface area contributed by atoms with Crippen molar-refractivity contribution < 1.29 is 9.18 Å². The fourth-order valence-corrected chi connectivity index (χ4v) is 2.00. The van der Waals surface area contributed by atoms with E-state index >= 15 is 0 Å². The molecule has 1 aromatic rings. The molecule has 1 aromatic carbocycles. The highest BCUT2D eigenvalue weighted by molar-refractivity contribution is 5.73. The van der Waals surface area contributed by atoms with Crippen molar-refractivity contribution in [2.75, 3.05) is 19.6 Å². The third-order valence-corrected chi connectivity index (χ3v) is 2.90.